The molecule has 1 amide bonds. The number of thiazole rings is 1. The fourth-order valence-electron chi connectivity index (χ4n) is 3.21. The van der Waals surface area contributed by atoms with Crippen molar-refractivity contribution in [1.82, 2.24) is 24.5 Å². The van der Waals surface area contributed by atoms with Gasteiger partial charge in [-0.2, -0.15) is 0 Å². The first kappa shape index (κ1) is 15.1. The highest BCUT2D eigenvalue weighted by atomic mass is 32.1. The molecule has 4 heterocycles. The van der Waals surface area contributed by atoms with Crippen molar-refractivity contribution in [2.24, 2.45) is 0 Å². The molecular formula is C16H17N5O2S. The van der Waals surface area contributed by atoms with Gasteiger partial charge >= 0.3 is 0 Å². The molecule has 8 heteroatoms. The van der Waals surface area contributed by atoms with Crippen LogP contribution in [0.3, 0.4) is 0 Å². The Kier molecular flexibility index (Phi) is 3.49. The van der Waals surface area contributed by atoms with Crippen LogP contribution in [0.25, 0.3) is 5.65 Å². The summed E-state index contributed by atoms with van der Waals surface area (Å²) < 4.78 is 1.46. The number of carbonyl (C=O) groups is 1. The van der Waals surface area contributed by atoms with Crippen molar-refractivity contribution in [2.45, 2.75) is 32.7 Å². The van der Waals surface area contributed by atoms with Crippen LogP contribution in [0.5, 0.6) is 0 Å². The van der Waals surface area contributed by atoms with Crippen LogP contribution in [0.2, 0.25) is 0 Å². The zero-order valence-electron chi connectivity index (χ0n) is 13.4. The topological polar surface area (TPSA) is 83.4 Å². The summed E-state index contributed by atoms with van der Waals surface area (Å²) in [6.45, 7) is 4.29. The van der Waals surface area contributed by atoms with Gasteiger partial charge in [-0.1, -0.05) is 0 Å². The number of hydrogen-bond acceptors (Lipinski definition) is 5. The Hall–Kier alpha value is -2.48. The highest BCUT2D eigenvalue weighted by Gasteiger charge is 2.32. The van der Waals surface area contributed by atoms with Crippen molar-refractivity contribution in [3.05, 3.63) is 50.0 Å². The molecule has 3 aromatic heterocycles. The van der Waals surface area contributed by atoms with Gasteiger partial charge in [0.15, 0.2) is 5.65 Å². The van der Waals surface area contributed by atoms with Gasteiger partial charge in [0.05, 0.1) is 17.2 Å². The van der Waals surface area contributed by atoms with E-state index >= 15 is 0 Å². The second kappa shape index (κ2) is 5.55. The van der Waals surface area contributed by atoms with E-state index in [0.29, 0.717) is 23.4 Å². The van der Waals surface area contributed by atoms with Gasteiger partial charge in [0.2, 0.25) is 0 Å². The Morgan fingerprint density at radius 1 is 1.42 bits per heavy atom. The van der Waals surface area contributed by atoms with Crippen LogP contribution in [0, 0.1) is 13.8 Å². The maximum absolute atomic E-state index is 12.7. The van der Waals surface area contributed by atoms with E-state index in [4.69, 9.17) is 0 Å². The Morgan fingerprint density at radius 2 is 2.25 bits per heavy atom. The van der Waals surface area contributed by atoms with E-state index in [0.717, 1.165) is 24.2 Å². The summed E-state index contributed by atoms with van der Waals surface area (Å²) >= 11 is 1.41. The van der Waals surface area contributed by atoms with E-state index < -0.39 is 0 Å². The number of aryl methyl sites for hydroxylation is 1. The number of H-pyrrole nitrogens is 1. The van der Waals surface area contributed by atoms with Crippen LogP contribution in [-0.4, -0.2) is 36.9 Å². The summed E-state index contributed by atoms with van der Waals surface area (Å²) in [5, 5.41) is 4.90. The smallest absolute Gasteiger partial charge is 0.275 e. The van der Waals surface area contributed by atoms with Crippen LogP contribution in [-0.2, 0) is 0 Å². The molecule has 124 valence electrons. The van der Waals surface area contributed by atoms with E-state index in [2.05, 4.69) is 15.1 Å². The molecule has 0 unspecified atom stereocenters. The minimum absolute atomic E-state index is 0.0647. The van der Waals surface area contributed by atoms with Crippen molar-refractivity contribution in [3.63, 3.8) is 0 Å². The summed E-state index contributed by atoms with van der Waals surface area (Å²) in [6, 6.07) is 1.78. The standard InChI is InChI=1S/C16H17N5O2S/c1-9-10(2)18-14-6-11(19-21(14)15(9)22)13-4-3-5-20(13)16(23)12-7-24-8-17-12/h6-8,13,19H,3-5H2,1-2H3/t13-/m0/s1. The third-order valence-corrected chi connectivity index (χ3v) is 5.21. The highest BCUT2D eigenvalue weighted by Crippen LogP contribution is 2.32. The number of likely N-dealkylation sites (tertiary alicyclic amines) is 1. The van der Waals surface area contributed by atoms with Crippen molar-refractivity contribution in [1.29, 1.82) is 0 Å². The molecular weight excluding hydrogens is 326 g/mol. The first-order valence-corrected chi connectivity index (χ1v) is 8.78. The van der Waals surface area contributed by atoms with Gasteiger partial charge in [0.1, 0.15) is 5.69 Å². The normalized spacial score (nSPS) is 17.8. The molecule has 1 N–H and O–H groups in total. The average molecular weight is 343 g/mol. The molecule has 0 spiro atoms. The summed E-state index contributed by atoms with van der Waals surface area (Å²) in [5.74, 6) is -0.0647. The van der Waals surface area contributed by atoms with E-state index in [1.165, 1.54) is 15.9 Å². The number of carbonyl (C=O) groups excluding carboxylic acids is 1. The minimum Gasteiger partial charge on any atom is -0.329 e. The fourth-order valence-corrected chi connectivity index (χ4v) is 3.73. The lowest BCUT2D eigenvalue weighted by atomic mass is 10.1. The van der Waals surface area contributed by atoms with Gasteiger partial charge in [-0.25, -0.2) is 14.5 Å². The first-order valence-electron chi connectivity index (χ1n) is 7.84. The van der Waals surface area contributed by atoms with Crippen LogP contribution in [0.15, 0.2) is 21.8 Å². The number of fused-ring (bicyclic) bond motifs is 1. The molecule has 0 aromatic carbocycles. The average Bonchev–Trinajstić information content (AvgIpc) is 3.30. The van der Waals surface area contributed by atoms with Crippen molar-refractivity contribution >= 4 is 22.9 Å². The monoisotopic (exact) mass is 343 g/mol. The first-order chi connectivity index (χ1) is 11.6. The van der Waals surface area contributed by atoms with Gasteiger partial charge in [-0.05, 0) is 26.7 Å². The Labute approximate surface area is 142 Å². The Bertz CT molecular complexity index is 972. The zero-order valence-corrected chi connectivity index (χ0v) is 14.3. The van der Waals surface area contributed by atoms with Gasteiger partial charge in [0, 0.05) is 29.2 Å². The third kappa shape index (κ3) is 2.25. The molecule has 3 aromatic rings. The number of nitrogens with zero attached hydrogens (tertiary/aromatic N) is 4. The highest BCUT2D eigenvalue weighted by molar-refractivity contribution is 7.07. The lowest BCUT2D eigenvalue weighted by Crippen LogP contribution is -2.31. The van der Waals surface area contributed by atoms with E-state index in [1.54, 1.807) is 17.8 Å². The van der Waals surface area contributed by atoms with E-state index in [1.807, 2.05) is 17.9 Å². The molecule has 4 rings (SSSR count). The van der Waals surface area contributed by atoms with Gasteiger partial charge in [-0.3, -0.25) is 14.7 Å². The van der Waals surface area contributed by atoms with Gasteiger partial charge < -0.3 is 4.90 Å². The molecule has 0 aliphatic carbocycles. The summed E-state index contributed by atoms with van der Waals surface area (Å²) in [5.41, 5.74) is 4.83. The molecule has 24 heavy (non-hydrogen) atoms. The maximum Gasteiger partial charge on any atom is 0.275 e. The molecule has 1 fully saturated rings. The van der Waals surface area contributed by atoms with Gasteiger partial charge in [-0.15, -0.1) is 11.3 Å². The lowest BCUT2D eigenvalue weighted by Gasteiger charge is -2.22. The minimum atomic E-state index is -0.0980. The second-order valence-electron chi connectivity index (χ2n) is 6.06. The molecule has 1 aliphatic rings. The van der Waals surface area contributed by atoms with Crippen molar-refractivity contribution in [3.8, 4) is 0 Å². The molecule has 1 aliphatic heterocycles. The van der Waals surface area contributed by atoms with Crippen LogP contribution < -0.4 is 5.56 Å². The molecule has 1 saturated heterocycles. The van der Waals surface area contributed by atoms with E-state index in [9.17, 15) is 9.59 Å². The number of hydrogen-bond donors (Lipinski definition) is 1. The van der Waals surface area contributed by atoms with Crippen LogP contribution in [0.1, 0.15) is 46.3 Å². The molecule has 7 nitrogen and oxygen atoms in total. The lowest BCUT2D eigenvalue weighted by molar-refractivity contribution is 0.0727. The number of aromatic amines is 1. The van der Waals surface area contributed by atoms with Crippen molar-refractivity contribution in [2.75, 3.05) is 6.54 Å². The Balaban J connectivity index is 1.75. The molecule has 0 saturated carbocycles. The maximum atomic E-state index is 12.7. The fraction of sp³-hybridized carbons (Fsp3) is 0.375. The number of rotatable bonds is 2. The third-order valence-electron chi connectivity index (χ3n) is 4.63. The summed E-state index contributed by atoms with van der Waals surface area (Å²) in [6.07, 6.45) is 1.78. The zero-order chi connectivity index (χ0) is 16.8. The number of nitrogens with one attached hydrogen (secondary N) is 1. The summed E-state index contributed by atoms with van der Waals surface area (Å²) in [7, 11) is 0. The second-order valence-corrected chi connectivity index (χ2v) is 6.78. The van der Waals surface area contributed by atoms with Crippen LogP contribution >= 0.6 is 11.3 Å². The quantitative estimate of drug-likeness (QED) is 0.772. The molecule has 1 atom stereocenters. The molecule has 0 bridgehead atoms. The predicted molar refractivity (Wildman–Crippen MR) is 90.4 cm³/mol. The van der Waals surface area contributed by atoms with Crippen molar-refractivity contribution < 1.29 is 4.79 Å². The number of aromatic nitrogens is 4. The predicted octanol–water partition coefficient (Wildman–Crippen LogP) is 2.07. The SMILES string of the molecule is Cc1nc2cc([C@@H]3CCCN3C(=O)c3cscn3)[nH]n2c(=O)c1C. The van der Waals surface area contributed by atoms with Crippen LogP contribution in [0.4, 0.5) is 0 Å². The summed E-state index contributed by atoms with van der Waals surface area (Å²) in [4.78, 5) is 35.4. The Morgan fingerprint density at radius 3 is 3.00 bits per heavy atom. The van der Waals surface area contributed by atoms with E-state index in [-0.39, 0.29) is 17.5 Å². The number of amides is 1. The largest absolute Gasteiger partial charge is 0.329 e. The molecule has 0 radical (unpaired) electrons. The van der Waals surface area contributed by atoms with Gasteiger partial charge in [0.25, 0.3) is 11.5 Å².